The van der Waals surface area contributed by atoms with Gasteiger partial charge in [0.2, 0.25) is 0 Å². The lowest BCUT2D eigenvalue weighted by Gasteiger charge is -2.32. The predicted molar refractivity (Wildman–Crippen MR) is 78.5 cm³/mol. The summed E-state index contributed by atoms with van der Waals surface area (Å²) in [5.41, 5.74) is 7.26. The van der Waals surface area contributed by atoms with E-state index in [2.05, 4.69) is 12.1 Å². The Hall–Kier alpha value is -1.26. The largest absolute Gasteiger partial charge is 0.511 e. The molecule has 1 aromatic rings. The highest BCUT2D eigenvalue weighted by Gasteiger charge is 2.52. The van der Waals surface area contributed by atoms with Crippen molar-refractivity contribution in [3.8, 4) is 0 Å². The van der Waals surface area contributed by atoms with Crippen molar-refractivity contribution in [2.24, 2.45) is 5.73 Å². The molecular formula is C15H22BNO2. The Bertz CT molecular complexity index is 452. The first-order valence-corrected chi connectivity index (χ1v) is 6.67. The zero-order valence-corrected chi connectivity index (χ0v) is 12.1. The molecule has 0 aliphatic carbocycles. The average molecular weight is 259 g/mol. The molecule has 1 heterocycles. The summed E-state index contributed by atoms with van der Waals surface area (Å²) in [6, 6.07) is 10.2. The molecule has 0 unspecified atom stereocenters. The maximum absolute atomic E-state index is 6.08. The van der Waals surface area contributed by atoms with Gasteiger partial charge >= 0.3 is 7.12 Å². The summed E-state index contributed by atoms with van der Waals surface area (Å²) < 4.78 is 11.8. The molecule has 0 atom stereocenters. The number of hydrogen-bond acceptors (Lipinski definition) is 3. The smallest absolute Gasteiger partial charge is 0.405 e. The molecule has 102 valence electrons. The quantitative estimate of drug-likeness (QED) is 0.849. The molecular weight excluding hydrogens is 237 g/mol. The van der Waals surface area contributed by atoms with Crippen molar-refractivity contribution in [2.45, 2.75) is 45.3 Å². The topological polar surface area (TPSA) is 44.5 Å². The summed E-state index contributed by atoms with van der Waals surface area (Å²) >= 11 is 0. The second-order valence-electron chi connectivity index (χ2n) is 5.98. The lowest BCUT2D eigenvalue weighted by molar-refractivity contribution is 0.00578. The van der Waals surface area contributed by atoms with E-state index in [9.17, 15) is 0 Å². The minimum atomic E-state index is -0.450. The molecule has 1 fully saturated rings. The van der Waals surface area contributed by atoms with Crippen LogP contribution in [0.2, 0.25) is 0 Å². The third-order valence-electron chi connectivity index (χ3n) is 3.94. The van der Waals surface area contributed by atoms with Crippen molar-refractivity contribution in [1.29, 1.82) is 0 Å². The van der Waals surface area contributed by atoms with Gasteiger partial charge in [0.05, 0.1) is 11.2 Å². The molecule has 1 aromatic carbocycles. The predicted octanol–water partition coefficient (Wildman–Crippen LogP) is 2.70. The Morgan fingerprint density at radius 2 is 1.63 bits per heavy atom. The lowest BCUT2D eigenvalue weighted by Crippen LogP contribution is -2.41. The Labute approximate surface area is 115 Å². The van der Waals surface area contributed by atoms with Crippen LogP contribution in [0.25, 0.3) is 0 Å². The summed E-state index contributed by atoms with van der Waals surface area (Å²) in [5.74, 6) is 0. The van der Waals surface area contributed by atoms with E-state index in [1.807, 2.05) is 52.0 Å². The SMILES string of the molecule is CC1(C)OB(/C(N)=C\Cc2ccccc2)OC1(C)C. The number of benzene rings is 1. The van der Waals surface area contributed by atoms with Crippen LogP contribution in [0, 0.1) is 0 Å². The third-order valence-corrected chi connectivity index (χ3v) is 3.94. The van der Waals surface area contributed by atoms with Gasteiger partial charge in [-0.25, -0.2) is 0 Å². The second kappa shape index (κ2) is 5.02. The molecule has 1 aliphatic rings. The van der Waals surface area contributed by atoms with Gasteiger partial charge < -0.3 is 15.0 Å². The van der Waals surface area contributed by atoms with Gasteiger partial charge in [-0.05, 0) is 39.7 Å². The van der Waals surface area contributed by atoms with Gasteiger partial charge in [0.25, 0.3) is 0 Å². The fraction of sp³-hybridized carbons (Fsp3) is 0.467. The van der Waals surface area contributed by atoms with E-state index < -0.39 is 7.12 Å². The van der Waals surface area contributed by atoms with Crippen LogP contribution in [-0.2, 0) is 15.7 Å². The Balaban J connectivity index is 2.04. The fourth-order valence-electron chi connectivity index (χ4n) is 1.93. The first-order valence-electron chi connectivity index (χ1n) is 6.67. The molecule has 0 spiro atoms. The summed E-state index contributed by atoms with van der Waals surface area (Å²) in [6.07, 6.45) is 2.76. The van der Waals surface area contributed by atoms with Crippen molar-refractivity contribution < 1.29 is 9.31 Å². The normalized spacial score (nSPS) is 21.7. The van der Waals surface area contributed by atoms with E-state index in [4.69, 9.17) is 15.0 Å². The molecule has 0 bridgehead atoms. The molecule has 2 N–H and O–H groups in total. The molecule has 2 rings (SSSR count). The minimum absolute atomic E-state index is 0.344. The Morgan fingerprint density at radius 3 is 2.16 bits per heavy atom. The van der Waals surface area contributed by atoms with Crippen LogP contribution in [0.15, 0.2) is 42.0 Å². The summed E-state index contributed by atoms with van der Waals surface area (Å²) in [7, 11) is -0.450. The van der Waals surface area contributed by atoms with E-state index in [1.54, 1.807) is 0 Å². The second-order valence-corrected chi connectivity index (χ2v) is 5.98. The van der Waals surface area contributed by atoms with Gasteiger partial charge in [-0.1, -0.05) is 36.4 Å². The first-order chi connectivity index (χ1) is 8.82. The molecule has 1 aliphatic heterocycles. The summed E-state index contributed by atoms with van der Waals surface area (Å²) in [5, 5.41) is 0. The monoisotopic (exact) mass is 259 g/mol. The summed E-state index contributed by atoms with van der Waals surface area (Å²) in [6.45, 7) is 8.10. The Kier molecular flexibility index (Phi) is 3.74. The lowest BCUT2D eigenvalue weighted by atomic mass is 9.84. The molecule has 3 nitrogen and oxygen atoms in total. The first kappa shape index (κ1) is 14.2. The Morgan fingerprint density at radius 1 is 1.11 bits per heavy atom. The maximum atomic E-state index is 6.08. The standard InChI is InChI=1S/C15H22BNO2/c1-14(2)15(3,4)19-16(18-14)13(17)11-10-12-8-6-5-7-9-12/h5-9,11H,10,17H2,1-4H3/b13-11+. The highest BCUT2D eigenvalue weighted by atomic mass is 16.7. The average Bonchev–Trinajstić information content (AvgIpc) is 2.57. The van der Waals surface area contributed by atoms with Crippen molar-refractivity contribution in [3.63, 3.8) is 0 Å². The van der Waals surface area contributed by atoms with Crippen LogP contribution in [0.5, 0.6) is 0 Å². The van der Waals surface area contributed by atoms with Crippen LogP contribution in [0.1, 0.15) is 33.3 Å². The molecule has 19 heavy (non-hydrogen) atoms. The highest BCUT2D eigenvalue weighted by molar-refractivity contribution is 6.54. The fourth-order valence-corrected chi connectivity index (χ4v) is 1.93. The highest BCUT2D eigenvalue weighted by Crippen LogP contribution is 2.37. The number of rotatable bonds is 3. The van der Waals surface area contributed by atoms with Crippen LogP contribution >= 0.6 is 0 Å². The van der Waals surface area contributed by atoms with Crippen molar-refractivity contribution >= 4 is 7.12 Å². The van der Waals surface area contributed by atoms with Crippen molar-refractivity contribution in [3.05, 3.63) is 47.6 Å². The molecule has 0 saturated carbocycles. The van der Waals surface area contributed by atoms with Gasteiger partial charge in [-0.2, -0.15) is 0 Å². The number of nitrogens with two attached hydrogens (primary N) is 1. The number of hydrogen-bond donors (Lipinski definition) is 1. The zero-order valence-electron chi connectivity index (χ0n) is 12.1. The minimum Gasteiger partial charge on any atom is -0.405 e. The van der Waals surface area contributed by atoms with E-state index in [0.29, 0.717) is 5.60 Å². The van der Waals surface area contributed by atoms with Crippen molar-refractivity contribution in [2.75, 3.05) is 0 Å². The third kappa shape index (κ3) is 3.02. The van der Waals surface area contributed by atoms with E-state index >= 15 is 0 Å². The van der Waals surface area contributed by atoms with Crippen LogP contribution < -0.4 is 5.73 Å². The van der Waals surface area contributed by atoms with Gasteiger partial charge in [0.1, 0.15) is 0 Å². The zero-order chi connectivity index (χ0) is 14.1. The van der Waals surface area contributed by atoms with Crippen LogP contribution in [0.3, 0.4) is 0 Å². The maximum Gasteiger partial charge on any atom is 0.511 e. The molecule has 0 radical (unpaired) electrons. The van der Waals surface area contributed by atoms with Gasteiger partial charge in [0, 0.05) is 5.60 Å². The van der Waals surface area contributed by atoms with Crippen molar-refractivity contribution in [1.82, 2.24) is 0 Å². The van der Waals surface area contributed by atoms with Gasteiger partial charge in [-0.15, -0.1) is 0 Å². The van der Waals surface area contributed by atoms with E-state index in [-0.39, 0.29) is 11.2 Å². The van der Waals surface area contributed by atoms with E-state index in [0.717, 1.165) is 6.42 Å². The summed E-state index contributed by atoms with van der Waals surface area (Å²) in [4.78, 5) is 0. The molecule has 0 aromatic heterocycles. The van der Waals surface area contributed by atoms with Gasteiger partial charge in [-0.3, -0.25) is 0 Å². The number of allylic oxidation sites excluding steroid dienone is 1. The molecule has 4 heteroatoms. The molecule has 0 amide bonds. The van der Waals surface area contributed by atoms with E-state index in [1.165, 1.54) is 5.56 Å². The molecule has 1 saturated heterocycles. The van der Waals surface area contributed by atoms with Crippen LogP contribution in [-0.4, -0.2) is 18.3 Å². The van der Waals surface area contributed by atoms with Crippen LogP contribution in [0.4, 0.5) is 0 Å². The van der Waals surface area contributed by atoms with Gasteiger partial charge in [0.15, 0.2) is 0 Å².